The number of cyclic esters (lactones) is 4. The third-order valence-electron chi connectivity index (χ3n) is 4.96. The fourth-order valence-corrected chi connectivity index (χ4v) is 4.46. The quantitative estimate of drug-likeness (QED) is 0.431. The van der Waals surface area contributed by atoms with Crippen LogP contribution in [0.25, 0.3) is 0 Å². The molecule has 18 heavy (non-hydrogen) atoms. The summed E-state index contributed by atoms with van der Waals surface area (Å²) in [5, 5.41) is 0. The maximum absolute atomic E-state index is 11.8. The van der Waals surface area contributed by atoms with E-state index in [0.29, 0.717) is 6.42 Å². The zero-order valence-corrected chi connectivity index (χ0v) is 9.33. The minimum absolute atomic E-state index is 0.0826. The molecule has 2 heterocycles. The minimum Gasteiger partial charge on any atom is -0.393 e. The van der Waals surface area contributed by atoms with Gasteiger partial charge in [0.1, 0.15) is 0 Å². The lowest BCUT2D eigenvalue weighted by molar-refractivity contribution is -0.174. The van der Waals surface area contributed by atoms with Crippen LogP contribution in [0.4, 0.5) is 0 Å². The van der Waals surface area contributed by atoms with Gasteiger partial charge in [-0.15, -0.1) is 0 Å². The van der Waals surface area contributed by atoms with Crippen molar-refractivity contribution < 1.29 is 28.7 Å². The molecule has 6 unspecified atom stereocenters. The lowest BCUT2D eigenvalue weighted by atomic mass is 9.67. The van der Waals surface area contributed by atoms with Gasteiger partial charge in [0, 0.05) is 6.42 Å². The molecule has 0 radical (unpaired) electrons. The smallest absolute Gasteiger partial charge is 0.317 e. The first-order valence-electron chi connectivity index (χ1n) is 6.08. The van der Waals surface area contributed by atoms with Crippen molar-refractivity contribution in [3.8, 4) is 0 Å². The van der Waals surface area contributed by atoms with Gasteiger partial charge >= 0.3 is 23.9 Å². The van der Waals surface area contributed by atoms with Crippen molar-refractivity contribution >= 4 is 23.9 Å². The Labute approximate surface area is 102 Å². The maximum atomic E-state index is 11.8. The molecule has 4 aliphatic rings. The fourth-order valence-electron chi connectivity index (χ4n) is 4.46. The highest BCUT2D eigenvalue weighted by atomic mass is 16.6. The van der Waals surface area contributed by atoms with Crippen LogP contribution in [0.5, 0.6) is 0 Å². The molecule has 2 aliphatic carbocycles. The van der Waals surface area contributed by atoms with Crippen molar-refractivity contribution in [3.63, 3.8) is 0 Å². The lowest BCUT2D eigenvalue weighted by Gasteiger charge is -2.35. The van der Waals surface area contributed by atoms with E-state index in [-0.39, 0.29) is 24.2 Å². The molecule has 0 N–H and O–H groups in total. The van der Waals surface area contributed by atoms with Crippen molar-refractivity contribution in [2.45, 2.75) is 12.8 Å². The average Bonchev–Trinajstić information content (AvgIpc) is 2.90. The predicted molar refractivity (Wildman–Crippen MR) is 52.4 cm³/mol. The summed E-state index contributed by atoms with van der Waals surface area (Å²) in [4.78, 5) is 46.4. The maximum Gasteiger partial charge on any atom is 0.317 e. The number of fused-ring (bicyclic) bond motifs is 8. The van der Waals surface area contributed by atoms with Gasteiger partial charge < -0.3 is 9.47 Å². The monoisotopic (exact) mass is 250 g/mol. The second kappa shape index (κ2) is 2.99. The molecule has 0 amide bonds. The van der Waals surface area contributed by atoms with Gasteiger partial charge in [-0.25, -0.2) is 0 Å². The Hall–Kier alpha value is -1.72. The molecule has 6 nitrogen and oxygen atoms in total. The molecule has 6 heteroatoms. The summed E-state index contributed by atoms with van der Waals surface area (Å²) in [6, 6.07) is 0. The summed E-state index contributed by atoms with van der Waals surface area (Å²) >= 11 is 0. The molecule has 94 valence electrons. The van der Waals surface area contributed by atoms with Gasteiger partial charge in [-0.1, -0.05) is 0 Å². The second-order valence-electron chi connectivity index (χ2n) is 5.54. The van der Waals surface area contributed by atoms with Gasteiger partial charge in [-0.2, -0.15) is 0 Å². The van der Waals surface area contributed by atoms with Crippen LogP contribution in [0.2, 0.25) is 0 Å². The number of ether oxygens (including phenoxy) is 2. The molecule has 2 saturated carbocycles. The molecule has 0 aromatic rings. The summed E-state index contributed by atoms with van der Waals surface area (Å²) in [5.74, 6) is -3.83. The Morgan fingerprint density at radius 1 is 0.722 bits per heavy atom. The van der Waals surface area contributed by atoms with Crippen molar-refractivity contribution in [2.24, 2.45) is 35.5 Å². The number of esters is 4. The molecule has 4 rings (SSSR count). The zero-order valence-electron chi connectivity index (χ0n) is 9.33. The Balaban J connectivity index is 1.76. The number of rotatable bonds is 0. The van der Waals surface area contributed by atoms with Crippen molar-refractivity contribution in [1.82, 2.24) is 0 Å². The molecular formula is C12H10O6. The van der Waals surface area contributed by atoms with E-state index in [4.69, 9.17) is 0 Å². The molecule has 0 aromatic heterocycles. The van der Waals surface area contributed by atoms with E-state index in [0.717, 1.165) is 0 Å². The summed E-state index contributed by atoms with van der Waals surface area (Å²) in [6.07, 6.45) is 0.816. The van der Waals surface area contributed by atoms with E-state index in [2.05, 4.69) is 9.47 Å². The van der Waals surface area contributed by atoms with E-state index >= 15 is 0 Å². The van der Waals surface area contributed by atoms with Crippen LogP contribution >= 0.6 is 0 Å². The summed E-state index contributed by atoms with van der Waals surface area (Å²) in [6.45, 7) is 0. The second-order valence-corrected chi connectivity index (χ2v) is 5.54. The first kappa shape index (κ1) is 10.2. The largest absolute Gasteiger partial charge is 0.393 e. The topological polar surface area (TPSA) is 86.7 Å². The highest BCUT2D eigenvalue weighted by Crippen LogP contribution is 2.62. The van der Waals surface area contributed by atoms with Gasteiger partial charge in [0.2, 0.25) is 0 Å². The van der Waals surface area contributed by atoms with Crippen LogP contribution < -0.4 is 0 Å². The highest BCUT2D eigenvalue weighted by molar-refractivity contribution is 5.99. The van der Waals surface area contributed by atoms with Crippen molar-refractivity contribution in [1.29, 1.82) is 0 Å². The normalized spacial score (nSPS) is 48.9. The molecule has 0 aromatic carbocycles. The number of carbonyl (C=O) groups is 4. The van der Waals surface area contributed by atoms with Crippen LogP contribution in [0, 0.1) is 35.5 Å². The molecule has 0 spiro atoms. The van der Waals surface area contributed by atoms with Crippen LogP contribution in [0.1, 0.15) is 12.8 Å². The Morgan fingerprint density at radius 2 is 1.33 bits per heavy atom. The Bertz CT molecular complexity index is 509. The van der Waals surface area contributed by atoms with Gasteiger partial charge in [0.15, 0.2) is 0 Å². The Morgan fingerprint density at radius 3 is 2.06 bits per heavy atom. The van der Waals surface area contributed by atoms with E-state index in [9.17, 15) is 19.2 Å². The number of hydrogen-bond acceptors (Lipinski definition) is 6. The molecule has 2 aliphatic heterocycles. The molecule has 2 bridgehead atoms. The van der Waals surface area contributed by atoms with Crippen LogP contribution in [-0.4, -0.2) is 23.9 Å². The summed E-state index contributed by atoms with van der Waals surface area (Å²) in [5.41, 5.74) is 0. The molecule has 4 fully saturated rings. The van der Waals surface area contributed by atoms with Crippen molar-refractivity contribution in [3.05, 3.63) is 0 Å². The third-order valence-corrected chi connectivity index (χ3v) is 4.96. The van der Waals surface area contributed by atoms with Crippen molar-refractivity contribution in [2.75, 3.05) is 0 Å². The van der Waals surface area contributed by atoms with E-state index < -0.39 is 41.6 Å². The lowest BCUT2D eigenvalue weighted by Crippen LogP contribution is -2.45. The summed E-state index contributed by atoms with van der Waals surface area (Å²) in [7, 11) is 0. The van der Waals surface area contributed by atoms with E-state index in [1.807, 2.05) is 0 Å². The molecule has 2 saturated heterocycles. The van der Waals surface area contributed by atoms with Crippen LogP contribution in [-0.2, 0) is 28.7 Å². The van der Waals surface area contributed by atoms with Crippen LogP contribution in [0.3, 0.4) is 0 Å². The average molecular weight is 250 g/mol. The molecular weight excluding hydrogens is 240 g/mol. The highest BCUT2D eigenvalue weighted by Gasteiger charge is 2.69. The fraction of sp³-hybridized carbons (Fsp3) is 0.667. The standard InChI is InChI=1S/C12H10O6/c13-6-2-4-3-1-5(7(4)10(14)17-6)9-8(3)11(15)18-12(9)16/h3-5,7-9H,1-2H2. The van der Waals surface area contributed by atoms with E-state index in [1.54, 1.807) is 0 Å². The Kier molecular flexibility index (Phi) is 1.70. The minimum atomic E-state index is -0.533. The van der Waals surface area contributed by atoms with Gasteiger partial charge in [0.05, 0.1) is 17.8 Å². The van der Waals surface area contributed by atoms with E-state index in [1.165, 1.54) is 0 Å². The molecule has 6 atom stereocenters. The van der Waals surface area contributed by atoms with Crippen LogP contribution in [0.15, 0.2) is 0 Å². The first-order chi connectivity index (χ1) is 8.58. The predicted octanol–water partition coefficient (Wildman–Crippen LogP) is -0.342. The number of hydrogen-bond donors (Lipinski definition) is 0. The number of carbonyl (C=O) groups excluding carboxylic acids is 4. The first-order valence-corrected chi connectivity index (χ1v) is 6.08. The summed E-state index contributed by atoms with van der Waals surface area (Å²) < 4.78 is 9.31. The SMILES string of the molecule is O=C1CC2C3CC(C2C(=O)O1)C1C(=O)OC(=O)C31. The zero-order chi connectivity index (χ0) is 12.6. The third kappa shape index (κ3) is 0.996. The van der Waals surface area contributed by atoms with Gasteiger partial charge in [0.25, 0.3) is 0 Å². The van der Waals surface area contributed by atoms with Gasteiger partial charge in [-0.05, 0) is 24.2 Å². The van der Waals surface area contributed by atoms with Gasteiger partial charge in [-0.3, -0.25) is 19.2 Å².